The molecule has 0 saturated carbocycles. The van der Waals surface area contributed by atoms with Crippen LogP contribution >= 0.6 is 22.6 Å². The standard InChI is InChI=1S/C11H13FIN3O3/c12-8-3-10(11(16(17)18)4-9(8)13)15-5-7-6-19-2-1-14-7/h3-4,7,14-15H,1-2,5-6H2. The summed E-state index contributed by atoms with van der Waals surface area (Å²) in [5.74, 6) is -0.471. The van der Waals surface area contributed by atoms with Gasteiger partial charge < -0.3 is 15.4 Å². The minimum Gasteiger partial charge on any atom is -0.378 e. The van der Waals surface area contributed by atoms with Gasteiger partial charge in [0.2, 0.25) is 0 Å². The van der Waals surface area contributed by atoms with Gasteiger partial charge in [-0.05, 0) is 22.6 Å². The number of benzene rings is 1. The number of morpholine rings is 1. The summed E-state index contributed by atoms with van der Waals surface area (Å²) in [6.07, 6.45) is 0. The molecule has 1 saturated heterocycles. The van der Waals surface area contributed by atoms with Gasteiger partial charge >= 0.3 is 0 Å². The van der Waals surface area contributed by atoms with Crippen molar-refractivity contribution in [2.24, 2.45) is 0 Å². The van der Waals surface area contributed by atoms with Gasteiger partial charge in [-0.3, -0.25) is 10.1 Å². The molecular formula is C11H13FIN3O3. The molecule has 1 aromatic rings. The first-order valence-corrected chi connectivity index (χ1v) is 6.84. The molecule has 0 aromatic heterocycles. The normalized spacial score (nSPS) is 19.2. The van der Waals surface area contributed by atoms with Gasteiger partial charge in [-0.15, -0.1) is 0 Å². The minimum absolute atomic E-state index is 0.0655. The molecule has 1 heterocycles. The monoisotopic (exact) mass is 381 g/mol. The van der Waals surface area contributed by atoms with E-state index in [4.69, 9.17) is 4.74 Å². The third-order valence-corrected chi connectivity index (χ3v) is 3.60. The molecule has 1 atom stereocenters. The zero-order valence-corrected chi connectivity index (χ0v) is 12.1. The lowest BCUT2D eigenvalue weighted by atomic mass is 10.2. The second-order valence-electron chi connectivity index (χ2n) is 4.15. The highest BCUT2D eigenvalue weighted by Crippen LogP contribution is 2.28. The Morgan fingerprint density at radius 2 is 2.42 bits per heavy atom. The molecule has 6 nitrogen and oxygen atoms in total. The molecule has 2 N–H and O–H groups in total. The van der Waals surface area contributed by atoms with E-state index in [-0.39, 0.29) is 21.0 Å². The van der Waals surface area contributed by atoms with Crippen LogP contribution in [0, 0.1) is 19.5 Å². The summed E-state index contributed by atoms with van der Waals surface area (Å²) in [6, 6.07) is 2.45. The molecule has 0 amide bonds. The molecule has 0 bridgehead atoms. The molecule has 8 heteroatoms. The fraction of sp³-hybridized carbons (Fsp3) is 0.455. The maximum absolute atomic E-state index is 13.5. The van der Waals surface area contributed by atoms with Crippen LogP contribution < -0.4 is 10.6 Å². The number of nitrogens with zero attached hydrogens (tertiary/aromatic N) is 1. The van der Waals surface area contributed by atoms with E-state index < -0.39 is 10.7 Å². The molecule has 0 aliphatic carbocycles. The molecular weight excluding hydrogens is 368 g/mol. The third kappa shape index (κ3) is 3.74. The van der Waals surface area contributed by atoms with Crippen LogP contribution in [-0.2, 0) is 4.74 Å². The maximum atomic E-state index is 13.5. The highest BCUT2D eigenvalue weighted by Gasteiger charge is 2.19. The Kier molecular flexibility index (Phi) is 4.88. The van der Waals surface area contributed by atoms with Crippen molar-refractivity contribution >= 4 is 34.0 Å². The Hall–Kier alpha value is -1.00. The summed E-state index contributed by atoms with van der Waals surface area (Å²) in [4.78, 5) is 10.4. The van der Waals surface area contributed by atoms with E-state index in [9.17, 15) is 14.5 Å². The molecule has 1 unspecified atom stereocenters. The van der Waals surface area contributed by atoms with E-state index in [0.717, 1.165) is 12.6 Å². The zero-order valence-electron chi connectivity index (χ0n) is 9.99. The van der Waals surface area contributed by atoms with Crippen molar-refractivity contribution in [3.63, 3.8) is 0 Å². The molecule has 0 spiro atoms. The van der Waals surface area contributed by atoms with Crippen molar-refractivity contribution in [2.45, 2.75) is 6.04 Å². The summed E-state index contributed by atoms with van der Waals surface area (Å²) < 4.78 is 19.0. The Bertz CT molecular complexity index is 480. The molecule has 19 heavy (non-hydrogen) atoms. The van der Waals surface area contributed by atoms with Crippen molar-refractivity contribution in [1.82, 2.24) is 5.32 Å². The first-order chi connectivity index (χ1) is 9.08. The van der Waals surface area contributed by atoms with E-state index in [1.54, 1.807) is 22.6 Å². The third-order valence-electron chi connectivity index (χ3n) is 2.77. The largest absolute Gasteiger partial charge is 0.378 e. The number of nitrogens with one attached hydrogen (secondary N) is 2. The number of nitro groups is 1. The van der Waals surface area contributed by atoms with Crippen LogP contribution in [0.3, 0.4) is 0 Å². The summed E-state index contributed by atoms with van der Waals surface area (Å²) in [5, 5.41) is 17.1. The SMILES string of the molecule is O=[N+]([O-])c1cc(I)c(F)cc1NCC1COCCN1. The van der Waals surface area contributed by atoms with E-state index in [1.165, 1.54) is 6.07 Å². The molecule has 0 radical (unpaired) electrons. The zero-order chi connectivity index (χ0) is 13.8. The van der Waals surface area contributed by atoms with Crippen LogP contribution in [0.25, 0.3) is 0 Å². The Morgan fingerprint density at radius 1 is 1.63 bits per heavy atom. The molecule has 1 fully saturated rings. The Balaban J connectivity index is 2.09. The fourth-order valence-electron chi connectivity index (χ4n) is 1.81. The van der Waals surface area contributed by atoms with E-state index >= 15 is 0 Å². The maximum Gasteiger partial charge on any atom is 0.293 e. The van der Waals surface area contributed by atoms with Crippen molar-refractivity contribution in [1.29, 1.82) is 0 Å². The predicted octanol–water partition coefficient (Wildman–Crippen LogP) is 1.74. The minimum atomic E-state index is -0.519. The van der Waals surface area contributed by atoms with Gasteiger partial charge in [0.15, 0.2) is 0 Å². The van der Waals surface area contributed by atoms with Gasteiger partial charge in [-0.25, -0.2) is 4.39 Å². The van der Waals surface area contributed by atoms with E-state index in [2.05, 4.69) is 10.6 Å². The van der Waals surface area contributed by atoms with Crippen LogP contribution in [0.5, 0.6) is 0 Å². The van der Waals surface area contributed by atoms with Crippen molar-refractivity contribution in [3.05, 3.63) is 31.6 Å². The average Bonchev–Trinajstić information content (AvgIpc) is 2.40. The van der Waals surface area contributed by atoms with E-state index in [0.29, 0.717) is 19.8 Å². The van der Waals surface area contributed by atoms with Gasteiger partial charge in [0, 0.05) is 31.3 Å². The molecule has 1 aliphatic rings. The van der Waals surface area contributed by atoms with Gasteiger partial charge in [0.05, 0.1) is 21.7 Å². The highest BCUT2D eigenvalue weighted by molar-refractivity contribution is 14.1. The lowest BCUT2D eigenvalue weighted by Gasteiger charge is -2.24. The van der Waals surface area contributed by atoms with Gasteiger partial charge in [-0.2, -0.15) is 0 Å². The first kappa shape index (κ1) is 14.4. The number of hydrogen-bond acceptors (Lipinski definition) is 5. The second kappa shape index (κ2) is 6.44. The smallest absolute Gasteiger partial charge is 0.293 e. The molecule has 1 aromatic carbocycles. The number of ether oxygens (including phenoxy) is 1. The summed E-state index contributed by atoms with van der Waals surface area (Å²) in [7, 11) is 0. The van der Waals surface area contributed by atoms with Crippen molar-refractivity contribution in [2.75, 3.05) is 31.6 Å². The van der Waals surface area contributed by atoms with Crippen LogP contribution in [0.2, 0.25) is 0 Å². The van der Waals surface area contributed by atoms with Crippen molar-refractivity contribution in [3.8, 4) is 0 Å². The predicted molar refractivity (Wildman–Crippen MR) is 76.9 cm³/mol. The lowest BCUT2D eigenvalue weighted by molar-refractivity contribution is -0.384. The van der Waals surface area contributed by atoms with E-state index in [1.807, 2.05) is 0 Å². The number of nitro benzene ring substituents is 1. The topological polar surface area (TPSA) is 76.4 Å². The second-order valence-corrected chi connectivity index (χ2v) is 5.31. The molecule has 2 rings (SSSR count). The van der Waals surface area contributed by atoms with Crippen LogP contribution in [0.4, 0.5) is 15.8 Å². The summed E-state index contributed by atoms with van der Waals surface area (Å²) in [5.41, 5.74) is 0.0674. The summed E-state index contributed by atoms with van der Waals surface area (Å²) in [6.45, 7) is 2.39. The van der Waals surface area contributed by atoms with Crippen LogP contribution in [0.15, 0.2) is 12.1 Å². The molecule has 1 aliphatic heterocycles. The van der Waals surface area contributed by atoms with Crippen LogP contribution in [-0.4, -0.2) is 37.3 Å². The van der Waals surface area contributed by atoms with Gasteiger partial charge in [-0.1, -0.05) is 0 Å². The number of rotatable bonds is 4. The van der Waals surface area contributed by atoms with Gasteiger partial charge in [0.1, 0.15) is 11.5 Å². The van der Waals surface area contributed by atoms with Crippen molar-refractivity contribution < 1.29 is 14.1 Å². The number of halogens is 2. The average molecular weight is 381 g/mol. The van der Waals surface area contributed by atoms with Crippen LogP contribution in [0.1, 0.15) is 0 Å². The molecule has 104 valence electrons. The first-order valence-electron chi connectivity index (χ1n) is 5.76. The quantitative estimate of drug-likeness (QED) is 0.472. The lowest BCUT2D eigenvalue weighted by Crippen LogP contribution is -2.45. The number of hydrogen-bond donors (Lipinski definition) is 2. The van der Waals surface area contributed by atoms with Gasteiger partial charge in [0.25, 0.3) is 5.69 Å². The number of anilines is 1. The summed E-state index contributed by atoms with van der Waals surface area (Å²) >= 11 is 1.73. The Morgan fingerprint density at radius 3 is 3.05 bits per heavy atom. The Labute approximate surface area is 123 Å². The fourth-order valence-corrected chi connectivity index (χ4v) is 2.26. The highest BCUT2D eigenvalue weighted by atomic mass is 127.